The van der Waals surface area contributed by atoms with Gasteiger partial charge >= 0.3 is 5.69 Å². The van der Waals surface area contributed by atoms with Gasteiger partial charge in [-0.1, -0.05) is 6.08 Å². The smallest absolute Gasteiger partial charge is 0.306 e. The number of hydrogen-bond donors (Lipinski definition) is 2. The fourth-order valence-electron chi connectivity index (χ4n) is 1.25. The van der Waals surface area contributed by atoms with E-state index in [-0.39, 0.29) is 5.69 Å². The highest BCUT2D eigenvalue weighted by atomic mass is 16.1. The maximum absolute atomic E-state index is 10.9. The number of allylic oxidation sites excluding steroid dienone is 2. The Morgan fingerprint density at radius 2 is 2.08 bits per heavy atom. The third-order valence-corrected chi connectivity index (χ3v) is 1.91. The number of nitrogens with one attached hydrogen (secondary N) is 2. The number of rotatable bonds is 0. The number of nitrogens with zero attached hydrogens (tertiary/aromatic N) is 1. The van der Waals surface area contributed by atoms with E-state index >= 15 is 0 Å². The highest BCUT2D eigenvalue weighted by molar-refractivity contribution is 5.48. The van der Waals surface area contributed by atoms with Crippen LogP contribution in [0.4, 0.5) is 0 Å². The fraction of sp³-hybridized carbons (Fsp3) is 0.111. The summed E-state index contributed by atoms with van der Waals surface area (Å²) in [4.78, 5) is 16.2. The molecule has 0 atom stereocenters. The number of H-pyrrole nitrogens is 2. The summed E-state index contributed by atoms with van der Waals surface area (Å²) >= 11 is 0. The van der Waals surface area contributed by atoms with Gasteiger partial charge in [-0.3, -0.25) is 0 Å². The molecule has 1 aliphatic rings. The zero-order valence-corrected chi connectivity index (χ0v) is 6.79. The van der Waals surface area contributed by atoms with Gasteiger partial charge in [0, 0.05) is 12.0 Å². The molecule has 64 valence electrons. The first-order chi connectivity index (χ1) is 6.29. The molecule has 2 N–H and O–H groups in total. The average molecular weight is 173 g/mol. The van der Waals surface area contributed by atoms with Crippen LogP contribution in [0.25, 0.3) is 12.2 Å². The summed E-state index contributed by atoms with van der Waals surface area (Å²) in [6.07, 6.45) is 5.83. The molecule has 0 saturated heterocycles. The summed E-state index contributed by atoms with van der Waals surface area (Å²) in [7, 11) is 0. The molecule has 13 heavy (non-hydrogen) atoms. The van der Waals surface area contributed by atoms with E-state index in [0.29, 0.717) is 12.0 Å². The third-order valence-electron chi connectivity index (χ3n) is 1.91. The first-order valence-electron chi connectivity index (χ1n) is 3.89. The first-order valence-corrected chi connectivity index (χ1v) is 3.89. The predicted molar refractivity (Wildman–Crippen MR) is 47.9 cm³/mol. The molecule has 0 bridgehead atoms. The van der Waals surface area contributed by atoms with Crippen molar-refractivity contribution in [3.05, 3.63) is 32.8 Å². The molecule has 2 rings (SSSR count). The van der Waals surface area contributed by atoms with Gasteiger partial charge in [0.2, 0.25) is 0 Å². The Labute approximate surface area is 73.5 Å². The predicted octanol–water partition coefficient (Wildman–Crippen LogP) is -0.882. The number of aromatic amines is 2. The van der Waals surface area contributed by atoms with E-state index in [1.54, 1.807) is 12.2 Å². The maximum Gasteiger partial charge on any atom is 0.323 e. The van der Waals surface area contributed by atoms with Crippen molar-refractivity contribution in [2.24, 2.45) is 0 Å². The molecule has 4 heteroatoms. The Hall–Kier alpha value is -2.02. The van der Waals surface area contributed by atoms with E-state index in [0.717, 1.165) is 10.7 Å². The second-order valence-electron chi connectivity index (χ2n) is 2.79. The van der Waals surface area contributed by atoms with Crippen LogP contribution in [0.1, 0.15) is 6.42 Å². The molecule has 0 saturated carbocycles. The monoisotopic (exact) mass is 173 g/mol. The molecular weight excluding hydrogens is 166 g/mol. The van der Waals surface area contributed by atoms with Crippen LogP contribution in [0, 0.1) is 11.3 Å². The van der Waals surface area contributed by atoms with Crippen molar-refractivity contribution in [3.8, 4) is 6.07 Å². The summed E-state index contributed by atoms with van der Waals surface area (Å²) < 4.78 is 0. The Morgan fingerprint density at radius 1 is 1.31 bits per heavy atom. The van der Waals surface area contributed by atoms with Gasteiger partial charge in [-0.15, -0.1) is 0 Å². The van der Waals surface area contributed by atoms with Crippen LogP contribution in [0.5, 0.6) is 0 Å². The van der Waals surface area contributed by atoms with Crippen LogP contribution in [-0.4, -0.2) is 9.97 Å². The lowest BCUT2D eigenvalue weighted by Gasteiger charge is -1.84. The minimum atomic E-state index is -0.216. The molecule has 0 spiro atoms. The molecule has 1 aromatic heterocycles. The largest absolute Gasteiger partial charge is 0.323 e. The Balaban J connectivity index is 2.71. The number of hydrogen-bond acceptors (Lipinski definition) is 2. The molecule has 1 aliphatic carbocycles. The Kier molecular flexibility index (Phi) is 1.64. The van der Waals surface area contributed by atoms with Crippen LogP contribution < -0.4 is 16.4 Å². The second-order valence-corrected chi connectivity index (χ2v) is 2.79. The third kappa shape index (κ3) is 1.32. The SMILES string of the molecule is N#CC1=CC=c2[nH]c(=O)[nH]c2=CC1. The molecule has 0 aromatic carbocycles. The quantitative estimate of drug-likeness (QED) is 0.534. The number of nitriles is 1. The van der Waals surface area contributed by atoms with Gasteiger partial charge in [0.15, 0.2) is 0 Å². The number of imidazole rings is 1. The summed E-state index contributed by atoms with van der Waals surface area (Å²) in [6, 6.07) is 2.08. The van der Waals surface area contributed by atoms with Crippen molar-refractivity contribution in [1.29, 1.82) is 5.26 Å². The molecule has 0 aliphatic heterocycles. The van der Waals surface area contributed by atoms with Crippen molar-refractivity contribution in [3.63, 3.8) is 0 Å². The summed E-state index contributed by atoms with van der Waals surface area (Å²) in [6.45, 7) is 0. The molecule has 0 radical (unpaired) electrons. The van der Waals surface area contributed by atoms with Crippen molar-refractivity contribution in [2.45, 2.75) is 6.42 Å². The van der Waals surface area contributed by atoms with Crippen LogP contribution in [0.2, 0.25) is 0 Å². The fourth-order valence-corrected chi connectivity index (χ4v) is 1.25. The summed E-state index contributed by atoms with van der Waals surface area (Å²) in [5.41, 5.74) is 0.469. The van der Waals surface area contributed by atoms with E-state index in [1.165, 1.54) is 0 Å². The molecule has 0 amide bonds. The Bertz CT molecular complexity index is 565. The van der Waals surface area contributed by atoms with E-state index in [4.69, 9.17) is 5.26 Å². The molecule has 4 nitrogen and oxygen atoms in total. The van der Waals surface area contributed by atoms with Crippen LogP contribution in [0.3, 0.4) is 0 Å². The topological polar surface area (TPSA) is 72.4 Å². The van der Waals surface area contributed by atoms with E-state index < -0.39 is 0 Å². The Morgan fingerprint density at radius 3 is 2.85 bits per heavy atom. The van der Waals surface area contributed by atoms with Gasteiger partial charge in [0.05, 0.1) is 16.8 Å². The van der Waals surface area contributed by atoms with Gasteiger partial charge in [0.1, 0.15) is 0 Å². The van der Waals surface area contributed by atoms with Crippen LogP contribution >= 0.6 is 0 Å². The van der Waals surface area contributed by atoms with Gasteiger partial charge in [-0.05, 0) is 12.2 Å². The first kappa shape index (κ1) is 7.62. The summed E-state index contributed by atoms with van der Waals surface area (Å²) in [5.74, 6) is 0. The minimum Gasteiger partial charge on any atom is -0.306 e. The lowest BCUT2D eigenvalue weighted by Crippen LogP contribution is -2.23. The van der Waals surface area contributed by atoms with E-state index in [9.17, 15) is 4.79 Å². The van der Waals surface area contributed by atoms with Gasteiger partial charge in [0.25, 0.3) is 0 Å². The molecular formula is C9H7N3O. The minimum absolute atomic E-state index is 0.216. The van der Waals surface area contributed by atoms with E-state index in [2.05, 4.69) is 16.0 Å². The molecule has 1 aromatic rings. The highest BCUT2D eigenvalue weighted by Crippen LogP contribution is 2.01. The molecule has 0 unspecified atom stereocenters. The summed E-state index contributed by atoms with van der Waals surface area (Å²) in [5, 5.41) is 10.1. The van der Waals surface area contributed by atoms with Crippen LogP contribution in [0.15, 0.2) is 16.4 Å². The number of fused-ring (bicyclic) bond motifs is 1. The normalized spacial score (nSPS) is 14.2. The highest BCUT2D eigenvalue weighted by Gasteiger charge is 1.97. The lowest BCUT2D eigenvalue weighted by atomic mass is 10.2. The van der Waals surface area contributed by atoms with Crippen molar-refractivity contribution < 1.29 is 0 Å². The van der Waals surface area contributed by atoms with Gasteiger partial charge < -0.3 is 9.97 Å². The molecule has 0 fully saturated rings. The molecule has 1 heterocycles. The zero-order valence-electron chi connectivity index (χ0n) is 6.79. The lowest BCUT2D eigenvalue weighted by molar-refractivity contribution is 1.16. The van der Waals surface area contributed by atoms with Gasteiger partial charge in [-0.25, -0.2) is 4.79 Å². The second kappa shape index (κ2) is 2.79. The van der Waals surface area contributed by atoms with Crippen molar-refractivity contribution in [1.82, 2.24) is 9.97 Å². The zero-order chi connectivity index (χ0) is 9.26. The van der Waals surface area contributed by atoms with E-state index in [1.807, 2.05) is 6.08 Å². The van der Waals surface area contributed by atoms with Crippen molar-refractivity contribution >= 4 is 12.2 Å². The average Bonchev–Trinajstić information content (AvgIpc) is 2.37. The van der Waals surface area contributed by atoms with Crippen LogP contribution in [-0.2, 0) is 0 Å². The maximum atomic E-state index is 10.9. The number of aromatic nitrogens is 2. The van der Waals surface area contributed by atoms with Crippen molar-refractivity contribution in [2.75, 3.05) is 0 Å². The van der Waals surface area contributed by atoms with Gasteiger partial charge in [-0.2, -0.15) is 5.26 Å². The standard InChI is InChI=1S/C9H7N3O/c10-5-6-1-3-7-8(4-2-6)12-9(13)11-7/h1,3-4H,2H2,(H2,11,12,13).